The summed E-state index contributed by atoms with van der Waals surface area (Å²) < 4.78 is 51.1. The summed E-state index contributed by atoms with van der Waals surface area (Å²) in [5.74, 6) is -1.37. The van der Waals surface area contributed by atoms with Crippen molar-refractivity contribution in [3.8, 4) is 0 Å². The molecule has 0 aliphatic heterocycles. The largest absolute Gasteiger partial charge is 0.419 e. The lowest BCUT2D eigenvalue weighted by atomic mass is 10.0. The molecule has 1 nitrogen and oxygen atoms in total. The standard InChI is InChI=1S/C13H9ClF4OS/c1-6-5-20-12(10(6)14)11(19)7-2-3-9(15)8(4-7)13(16,17)18/h2-5,11,19H,1H3. The molecule has 0 fully saturated rings. The molecule has 1 atom stereocenters. The van der Waals surface area contributed by atoms with Gasteiger partial charge in [-0.1, -0.05) is 17.7 Å². The van der Waals surface area contributed by atoms with E-state index in [1.54, 1.807) is 12.3 Å². The molecule has 0 saturated carbocycles. The Balaban J connectivity index is 2.46. The van der Waals surface area contributed by atoms with Gasteiger partial charge in [0, 0.05) is 0 Å². The number of hydrogen-bond donors (Lipinski definition) is 1. The minimum absolute atomic E-state index is 0.0533. The SMILES string of the molecule is Cc1csc(C(O)c2ccc(F)c(C(F)(F)F)c2)c1Cl. The minimum atomic E-state index is -4.81. The molecule has 108 valence electrons. The predicted octanol–water partition coefficient (Wildman–Crippen LogP) is 4.95. The molecule has 0 spiro atoms. The molecule has 1 aromatic carbocycles. The minimum Gasteiger partial charge on any atom is -0.383 e. The Morgan fingerprint density at radius 1 is 1.30 bits per heavy atom. The molecule has 0 bridgehead atoms. The van der Waals surface area contributed by atoms with Crippen molar-refractivity contribution in [2.24, 2.45) is 0 Å². The van der Waals surface area contributed by atoms with Crippen LogP contribution in [0, 0.1) is 12.7 Å². The van der Waals surface area contributed by atoms with Crippen LogP contribution in [0.4, 0.5) is 17.6 Å². The van der Waals surface area contributed by atoms with Crippen LogP contribution in [0.1, 0.15) is 27.7 Å². The van der Waals surface area contributed by atoms with Crippen LogP contribution in [-0.4, -0.2) is 5.11 Å². The van der Waals surface area contributed by atoms with Crippen LogP contribution in [0.25, 0.3) is 0 Å². The number of thiophene rings is 1. The molecule has 1 unspecified atom stereocenters. The number of hydrogen-bond acceptors (Lipinski definition) is 2. The van der Waals surface area contributed by atoms with Crippen LogP contribution in [0.5, 0.6) is 0 Å². The van der Waals surface area contributed by atoms with Crippen molar-refractivity contribution < 1.29 is 22.7 Å². The van der Waals surface area contributed by atoms with E-state index in [-0.39, 0.29) is 5.56 Å². The average Bonchev–Trinajstić information content (AvgIpc) is 2.68. The van der Waals surface area contributed by atoms with E-state index in [0.717, 1.165) is 23.0 Å². The summed E-state index contributed by atoms with van der Waals surface area (Å²) >= 11 is 7.11. The second kappa shape index (κ2) is 5.35. The van der Waals surface area contributed by atoms with E-state index in [2.05, 4.69) is 0 Å². The van der Waals surface area contributed by atoms with Gasteiger partial charge in [-0.15, -0.1) is 11.3 Å². The summed E-state index contributed by atoms with van der Waals surface area (Å²) in [4.78, 5) is 0.337. The summed E-state index contributed by atoms with van der Waals surface area (Å²) in [6.07, 6.45) is -6.13. The monoisotopic (exact) mass is 324 g/mol. The van der Waals surface area contributed by atoms with Crippen molar-refractivity contribution in [3.05, 3.63) is 56.0 Å². The van der Waals surface area contributed by atoms with Gasteiger partial charge >= 0.3 is 6.18 Å². The number of aliphatic hydroxyl groups is 1. The molecule has 2 aromatic rings. The molecule has 1 N–H and O–H groups in total. The van der Waals surface area contributed by atoms with E-state index in [9.17, 15) is 22.7 Å². The molecule has 0 radical (unpaired) electrons. The van der Waals surface area contributed by atoms with E-state index < -0.39 is 23.7 Å². The summed E-state index contributed by atoms with van der Waals surface area (Å²) in [5, 5.41) is 12.1. The average molecular weight is 325 g/mol. The third-order valence-electron chi connectivity index (χ3n) is 2.79. The van der Waals surface area contributed by atoms with Gasteiger partial charge < -0.3 is 5.11 Å². The highest BCUT2D eigenvalue weighted by Crippen LogP contribution is 2.38. The smallest absolute Gasteiger partial charge is 0.383 e. The third-order valence-corrected chi connectivity index (χ3v) is 4.55. The van der Waals surface area contributed by atoms with Crippen LogP contribution in [0.3, 0.4) is 0 Å². The molecule has 0 saturated heterocycles. The fourth-order valence-corrected chi connectivity index (χ4v) is 3.02. The third kappa shape index (κ3) is 2.82. The highest BCUT2D eigenvalue weighted by atomic mass is 35.5. The number of aliphatic hydroxyl groups excluding tert-OH is 1. The molecule has 0 aliphatic rings. The molecule has 0 amide bonds. The molecule has 20 heavy (non-hydrogen) atoms. The molecular weight excluding hydrogens is 316 g/mol. The van der Waals surface area contributed by atoms with E-state index >= 15 is 0 Å². The fourth-order valence-electron chi connectivity index (χ4n) is 1.72. The Kier molecular flexibility index (Phi) is 4.09. The lowest BCUT2D eigenvalue weighted by Crippen LogP contribution is -2.10. The molecule has 2 rings (SSSR count). The van der Waals surface area contributed by atoms with E-state index in [1.165, 1.54) is 0 Å². The summed E-state index contributed by atoms with van der Waals surface area (Å²) in [6, 6.07) is 2.40. The first-order valence-corrected chi connectivity index (χ1v) is 6.75. The molecule has 7 heteroatoms. The second-order valence-corrected chi connectivity index (χ2v) is 5.53. The number of benzene rings is 1. The van der Waals surface area contributed by atoms with Gasteiger partial charge in [0.1, 0.15) is 11.9 Å². The highest BCUT2D eigenvalue weighted by Gasteiger charge is 2.35. The van der Waals surface area contributed by atoms with Gasteiger partial charge in [0.15, 0.2) is 0 Å². The van der Waals surface area contributed by atoms with Crippen molar-refractivity contribution in [1.82, 2.24) is 0 Å². The van der Waals surface area contributed by atoms with Crippen molar-refractivity contribution in [2.75, 3.05) is 0 Å². The topological polar surface area (TPSA) is 20.2 Å². The molecule has 0 aliphatic carbocycles. The Hall–Kier alpha value is -1.11. The summed E-state index contributed by atoms with van der Waals surface area (Å²) in [6.45, 7) is 1.72. The van der Waals surface area contributed by atoms with Crippen LogP contribution in [0.2, 0.25) is 5.02 Å². The highest BCUT2D eigenvalue weighted by molar-refractivity contribution is 7.10. The van der Waals surface area contributed by atoms with Crippen LogP contribution in [-0.2, 0) is 6.18 Å². The van der Waals surface area contributed by atoms with Gasteiger partial charge in [-0.3, -0.25) is 0 Å². The summed E-state index contributed by atoms with van der Waals surface area (Å²) in [7, 11) is 0. The number of aryl methyl sites for hydroxylation is 1. The Bertz CT molecular complexity index is 636. The Morgan fingerprint density at radius 3 is 2.45 bits per heavy atom. The first-order chi connectivity index (χ1) is 9.21. The molecule has 1 aromatic heterocycles. The van der Waals surface area contributed by atoms with Crippen LogP contribution in [0.15, 0.2) is 23.6 Å². The van der Waals surface area contributed by atoms with Crippen molar-refractivity contribution in [2.45, 2.75) is 19.2 Å². The number of halogens is 5. The zero-order valence-corrected chi connectivity index (χ0v) is 11.7. The number of rotatable bonds is 2. The fraction of sp³-hybridized carbons (Fsp3) is 0.231. The van der Waals surface area contributed by atoms with Crippen molar-refractivity contribution in [1.29, 1.82) is 0 Å². The van der Waals surface area contributed by atoms with Crippen molar-refractivity contribution >= 4 is 22.9 Å². The normalized spacial score (nSPS) is 13.6. The van der Waals surface area contributed by atoms with E-state index in [4.69, 9.17) is 11.6 Å². The van der Waals surface area contributed by atoms with E-state index in [0.29, 0.717) is 22.0 Å². The first-order valence-electron chi connectivity index (χ1n) is 5.50. The lowest BCUT2D eigenvalue weighted by molar-refractivity contribution is -0.140. The lowest BCUT2D eigenvalue weighted by Gasteiger charge is -2.14. The Labute approximate surface area is 121 Å². The first kappa shape index (κ1) is 15.3. The molecule has 1 heterocycles. The maximum Gasteiger partial charge on any atom is 0.419 e. The predicted molar refractivity (Wildman–Crippen MR) is 69.5 cm³/mol. The quantitative estimate of drug-likeness (QED) is 0.775. The maximum absolute atomic E-state index is 13.2. The zero-order chi connectivity index (χ0) is 15.1. The van der Waals surface area contributed by atoms with Crippen LogP contribution >= 0.6 is 22.9 Å². The number of alkyl halides is 3. The van der Waals surface area contributed by atoms with E-state index in [1.807, 2.05) is 0 Å². The second-order valence-electron chi connectivity index (χ2n) is 4.24. The molecular formula is C13H9ClF4OS. The maximum atomic E-state index is 13.2. The zero-order valence-electron chi connectivity index (χ0n) is 10.1. The summed E-state index contributed by atoms with van der Waals surface area (Å²) in [5.41, 5.74) is -0.732. The Morgan fingerprint density at radius 2 is 1.95 bits per heavy atom. The van der Waals surface area contributed by atoms with Gasteiger partial charge in [-0.2, -0.15) is 13.2 Å². The van der Waals surface area contributed by atoms with Gasteiger partial charge in [0.2, 0.25) is 0 Å². The van der Waals surface area contributed by atoms with Gasteiger partial charge in [-0.25, -0.2) is 4.39 Å². The van der Waals surface area contributed by atoms with Gasteiger partial charge in [0.05, 0.1) is 15.5 Å². The van der Waals surface area contributed by atoms with Crippen molar-refractivity contribution in [3.63, 3.8) is 0 Å². The van der Waals surface area contributed by atoms with Gasteiger partial charge in [-0.05, 0) is 35.6 Å². The van der Waals surface area contributed by atoms with Gasteiger partial charge in [0.25, 0.3) is 0 Å². The van der Waals surface area contributed by atoms with Crippen LogP contribution < -0.4 is 0 Å².